The van der Waals surface area contributed by atoms with Crippen molar-refractivity contribution in [2.45, 2.75) is 38.5 Å². The Kier molecular flexibility index (Phi) is 12.8. The van der Waals surface area contributed by atoms with E-state index in [0.29, 0.717) is 0 Å². The van der Waals surface area contributed by atoms with Gasteiger partial charge < -0.3 is 10.6 Å². The van der Waals surface area contributed by atoms with Crippen molar-refractivity contribution < 1.29 is 27.2 Å². The summed E-state index contributed by atoms with van der Waals surface area (Å²) in [5, 5.41) is 5.04. The predicted molar refractivity (Wildman–Crippen MR) is 241 cm³/mol. The average molecular weight is 903 g/mol. The molecule has 10 rings (SSSR count). The summed E-state index contributed by atoms with van der Waals surface area (Å²) in [4.78, 5) is 44.7. The van der Waals surface area contributed by atoms with Gasteiger partial charge in [-0.2, -0.15) is 0 Å². The molecule has 0 saturated carbocycles. The largest absolute Gasteiger partial charge is 0.315 e. The van der Waals surface area contributed by atoms with E-state index in [1.165, 1.54) is 45.9 Å². The second-order valence-corrected chi connectivity index (χ2v) is 16.6. The third kappa shape index (κ3) is 9.15. The third-order valence-electron chi connectivity index (χ3n) is 10.6. The molecule has 0 saturated heterocycles. The zero-order valence-corrected chi connectivity index (χ0v) is 35.6. The summed E-state index contributed by atoms with van der Waals surface area (Å²) in [6.45, 7) is 0. The molecule has 0 bridgehead atoms. The van der Waals surface area contributed by atoms with Crippen LogP contribution < -0.4 is 10.6 Å². The fourth-order valence-corrected chi connectivity index (χ4v) is 9.67. The highest BCUT2D eigenvalue weighted by atomic mass is 35.5. The lowest BCUT2D eigenvalue weighted by molar-refractivity contribution is 0.101. The summed E-state index contributed by atoms with van der Waals surface area (Å²) in [5.41, 5.74) is 9.32. The van der Waals surface area contributed by atoms with E-state index in [0.717, 1.165) is 117 Å². The van der Waals surface area contributed by atoms with Crippen LogP contribution >= 0.6 is 35.1 Å². The van der Waals surface area contributed by atoms with E-state index in [1.54, 1.807) is 12.4 Å². The van der Waals surface area contributed by atoms with Crippen LogP contribution in [0, 0.1) is 23.3 Å². The molecule has 0 radical (unpaired) electrons. The van der Waals surface area contributed by atoms with Gasteiger partial charge in [-0.05, 0) is 120 Å². The van der Waals surface area contributed by atoms with E-state index in [9.17, 15) is 27.2 Å². The molecule has 2 N–H and O–H groups in total. The van der Waals surface area contributed by atoms with Gasteiger partial charge in [-0.1, -0.05) is 48.5 Å². The van der Waals surface area contributed by atoms with Crippen LogP contribution in [0.15, 0.2) is 122 Å². The molecule has 8 nitrogen and oxygen atoms in total. The van der Waals surface area contributed by atoms with E-state index < -0.39 is 46.5 Å². The first-order valence-corrected chi connectivity index (χ1v) is 21.4. The van der Waals surface area contributed by atoms with E-state index >= 15 is 0 Å². The molecule has 4 aromatic carbocycles. The Morgan fingerprint density at radius 1 is 0.508 bits per heavy atom. The number of amides is 2. The SMILES string of the molecule is Cl.O=C(Nc1c(F)cccc1F)c1nc2c(s1)-c1cc(-c3cccnc3)ccc1CCC2.O=C(Nc1c(F)cccc1F)c1nc2c(s1)-c1cc(-c3cccnc3)ccc1CCC2. The number of carbonyl (C=O) groups is 2. The van der Waals surface area contributed by atoms with E-state index in [1.807, 2.05) is 36.7 Å². The first-order chi connectivity index (χ1) is 30.2. The zero-order valence-electron chi connectivity index (χ0n) is 33.1. The molecule has 0 unspecified atom stereocenters. The molecule has 15 heteroatoms. The molecule has 0 atom stereocenters. The van der Waals surface area contributed by atoms with Gasteiger partial charge in [0, 0.05) is 35.9 Å². The van der Waals surface area contributed by atoms with Gasteiger partial charge in [-0.15, -0.1) is 35.1 Å². The van der Waals surface area contributed by atoms with Crippen LogP contribution in [0.3, 0.4) is 0 Å². The molecule has 2 aliphatic carbocycles. The van der Waals surface area contributed by atoms with Crippen molar-refractivity contribution >= 4 is 58.3 Å². The van der Waals surface area contributed by atoms with Crippen molar-refractivity contribution in [1.82, 2.24) is 19.9 Å². The Bertz CT molecular complexity index is 2740. The normalized spacial score (nSPS) is 12.4. The number of nitrogens with one attached hydrogen (secondary N) is 2. The predicted octanol–water partition coefficient (Wildman–Crippen LogP) is 12.2. The first kappa shape index (κ1) is 43.1. The fraction of sp³-hybridized carbons (Fsp3) is 0.125. The number of rotatable bonds is 6. The van der Waals surface area contributed by atoms with Crippen LogP contribution in [-0.2, 0) is 25.7 Å². The number of thiazole rings is 2. The van der Waals surface area contributed by atoms with Crippen molar-refractivity contribution in [3.63, 3.8) is 0 Å². The minimum atomic E-state index is -0.821. The van der Waals surface area contributed by atoms with Crippen molar-refractivity contribution in [1.29, 1.82) is 0 Å². The Labute approximate surface area is 373 Å². The van der Waals surface area contributed by atoms with Crippen LogP contribution in [0.4, 0.5) is 28.9 Å². The lowest BCUT2D eigenvalue weighted by Crippen LogP contribution is -2.14. The molecule has 0 aliphatic heterocycles. The molecule has 316 valence electrons. The van der Waals surface area contributed by atoms with Gasteiger partial charge in [-0.3, -0.25) is 19.6 Å². The van der Waals surface area contributed by atoms with E-state index in [4.69, 9.17) is 0 Å². The van der Waals surface area contributed by atoms with Crippen LogP contribution in [-0.4, -0.2) is 31.8 Å². The van der Waals surface area contributed by atoms with E-state index in [-0.39, 0.29) is 22.4 Å². The second kappa shape index (κ2) is 18.8. The lowest BCUT2D eigenvalue weighted by atomic mass is 9.98. The Morgan fingerprint density at radius 2 is 0.921 bits per heavy atom. The molecule has 2 aliphatic rings. The smallest absolute Gasteiger partial charge is 0.284 e. The standard InChI is InChI=1S/2C24H17F2N3OS.ClH/c2*25-18-6-2-7-19(26)21(18)29-23(30)24-28-20-8-1-4-14-9-10-15(12-17(14)22(20)31-24)16-5-3-11-27-13-16;/h2*2-3,5-7,9-13H,1,4,8H2,(H,29,30);1H. The number of pyridine rings is 2. The average Bonchev–Trinajstić information content (AvgIpc) is 3.83. The Hall–Kier alpha value is -6.61. The monoisotopic (exact) mass is 902 g/mol. The highest BCUT2D eigenvalue weighted by molar-refractivity contribution is 7.17. The molecular formula is C48H35ClF4N6O2S2. The van der Waals surface area contributed by atoms with Crippen LogP contribution in [0.2, 0.25) is 0 Å². The van der Waals surface area contributed by atoms with Gasteiger partial charge in [-0.25, -0.2) is 27.5 Å². The van der Waals surface area contributed by atoms with Gasteiger partial charge in [0.05, 0.1) is 21.1 Å². The molecule has 4 aromatic heterocycles. The quantitative estimate of drug-likeness (QED) is 0.161. The van der Waals surface area contributed by atoms with Crippen molar-refractivity contribution in [2.75, 3.05) is 10.6 Å². The highest BCUT2D eigenvalue weighted by Crippen LogP contribution is 2.41. The summed E-state index contributed by atoms with van der Waals surface area (Å²) in [5.74, 6) is -4.52. The van der Waals surface area contributed by atoms with E-state index in [2.05, 4.69) is 67.0 Å². The number of halogens is 5. The maximum atomic E-state index is 13.9. The Balaban J connectivity index is 0.000000170. The van der Waals surface area contributed by atoms with Gasteiger partial charge in [0.15, 0.2) is 10.0 Å². The molecule has 0 fully saturated rings. The summed E-state index contributed by atoms with van der Waals surface area (Å²) in [7, 11) is 0. The number of anilines is 2. The lowest BCUT2D eigenvalue weighted by Gasteiger charge is -2.09. The highest BCUT2D eigenvalue weighted by Gasteiger charge is 2.26. The number of nitrogens with zero attached hydrogens (tertiary/aromatic N) is 4. The number of hydrogen-bond donors (Lipinski definition) is 2. The minimum absolute atomic E-state index is 0. The summed E-state index contributed by atoms with van der Waals surface area (Å²) in [6, 6.07) is 27.3. The third-order valence-corrected chi connectivity index (χ3v) is 12.9. The number of aromatic nitrogens is 4. The van der Waals surface area contributed by atoms with Crippen molar-refractivity contribution in [2.24, 2.45) is 0 Å². The summed E-state index contributed by atoms with van der Waals surface area (Å²) < 4.78 is 55.7. The number of para-hydroxylation sites is 2. The molecule has 4 heterocycles. The van der Waals surface area contributed by atoms with Crippen LogP contribution in [0.25, 0.3) is 43.1 Å². The van der Waals surface area contributed by atoms with Crippen molar-refractivity contribution in [3.8, 4) is 43.1 Å². The maximum absolute atomic E-state index is 13.9. The van der Waals surface area contributed by atoms with Gasteiger partial charge in [0.2, 0.25) is 0 Å². The van der Waals surface area contributed by atoms with Crippen LogP contribution in [0.5, 0.6) is 0 Å². The number of carbonyl (C=O) groups excluding carboxylic acids is 2. The molecular weight excluding hydrogens is 868 g/mol. The Morgan fingerprint density at radius 3 is 1.30 bits per heavy atom. The van der Waals surface area contributed by atoms with Crippen molar-refractivity contribution in [3.05, 3.63) is 178 Å². The number of hydrogen-bond acceptors (Lipinski definition) is 8. The zero-order chi connectivity index (χ0) is 42.7. The molecule has 8 aromatic rings. The minimum Gasteiger partial charge on any atom is -0.315 e. The molecule has 63 heavy (non-hydrogen) atoms. The second-order valence-electron chi connectivity index (χ2n) is 14.6. The molecule has 2 amide bonds. The van der Waals surface area contributed by atoms with Gasteiger partial charge in [0.25, 0.3) is 11.8 Å². The van der Waals surface area contributed by atoms with Gasteiger partial charge in [0.1, 0.15) is 34.6 Å². The van der Waals surface area contributed by atoms with Crippen LogP contribution in [0.1, 0.15) is 55.0 Å². The first-order valence-electron chi connectivity index (χ1n) is 19.8. The summed E-state index contributed by atoms with van der Waals surface area (Å²) >= 11 is 2.50. The summed E-state index contributed by atoms with van der Waals surface area (Å²) in [6.07, 6.45) is 12.3. The topological polar surface area (TPSA) is 110 Å². The maximum Gasteiger partial charge on any atom is 0.284 e. The van der Waals surface area contributed by atoms with Gasteiger partial charge >= 0.3 is 0 Å². The number of benzene rings is 4. The number of fused-ring (bicyclic) bond motifs is 6. The molecule has 0 spiro atoms. The number of aryl methyl sites for hydroxylation is 4. The fourth-order valence-electron chi connectivity index (χ4n) is 7.56.